The van der Waals surface area contributed by atoms with E-state index in [1.807, 2.05) is 4.90 Å². The van der Waals surface area contributed by atoms with Crippen molar-refractivity contribution in [2.75, 3.05) is 38.7 Å². The van der Waals surface area contributed by atoms with E-state index >= 15 is 0 Å². The first-order valence-electron chi connectivity index (χ1n) is 12.1. The van der Waals surface area contributed by atoms with Gasteiger partial charge in [-0.05, 0) is 48.7 Å². The number of rotatable bonds is 7. The minimum absolute atomic E-state index is 0.0390. The third-order valence-electron chi connectivity index (χ3n) is 6.95. The molecule has 3 fully saturated rings. The van der Waals surface area contributed by atoms with Gasteiger partial charge in [0.1, 0.15) is 11.6 Å². The number of carbonyl (C=O) groups is 2. The molecule has 2 aromatic carbocycles. The molecule has 2 atom stereocenters. The SMILES string of the molecule is COc1cc(C=CC(=O)N2CC3COCC(C2)N3Cc2ccc(F)cc2)c(NC(=O)C2CC2)cc1Cl. The molecule has 9 heteroatoms. The van der Waals surface area contributed by atoms with Gasteiger partial charge in [0.05, 0.1) is 37.4 Å². The summed E-state index contributed by atoms with van der Waals surface area (Å²) in [6.07, 6.45) is 5.00. The predicted octanol–water partition coefficient (Wildman–Crippen LogP) is 3.96. The highest BCUT2D eigenvalue weighted by atomic mass is 35.5. The van der Waals surface area contributed by atoms with Crippen LogP contribution < -0.4 is 10.1 Å². The quantitative estimate of drug-likeness (QED) is 0.567. The molecule has 7 nitrogen and oxygen atoms in total. The average molecular weight is 514 g/mol. The number of hydrogen-bond acceptors (Lipinski definition) is 5. The summed E-state index contributed by atoms with van der Waals surface area (Å²) in [4.78, 5) is 29.7. The van der Waals surface area contributed by atoms with E-state index in [0.717, 1.165) is 18.4 Å². The Morgan fingerprint density at radius 3 is 2.50 bits per heavy atom. The van der Waals surface area contributed by atoms with Crippen LogP contribution in [0.1, 0.15) is 24.0 Å². The summed E-state index contributed by atoms with van der Waals surface area (Å²) in [5.74, 6) is 0.105. The van der Waals surface area contributed by atoms with Crippen molar-refractivity contribution in [1.82, 2.24) is 9.80 Å². The Balaban J connectivity index is 1.29. The number of methoxy groups -OCH3 is 1. The van der Waals surface area contributed by atoms with E-state index in [2.05, 4.69) is 10.2 Å². The van der Waals surface area contributed by atoms with Gasteiger partial charge in [0.25, 0.3) is 0 Å². The molecule has 1 N–H and O–H groups in total. The molecule has 1 aliphatic carbocycles. The fourth-order valence-electron chi connectivity index (χ4n) is 4.79. The zero-order valence-corrected chi connectivity index (χ0v) is 20.8. The summed E-state index contributed by atoms with van der Waals surface area (Å²) in [5.41, 5.74) is 2.23. The van der Waals surface area contributed by atoms with E-state index in [-0.39, 0.29) is 35.6 Å². The lowest BCUT2D eigenvalue weighted by Crippen LogP contribution is -2.64. The van der Waals surface area contributed by atoms with Crippen LogP contribution in [-0.2, 0) is 20.9 Å². The van der Waals surface area contributed by atoms with E-state index in [1.165, 1.54) is 25.3 Å². The summed E-state index contributed by atoms with van der Waals surface area (Å²) < 4.78 is 24.4. The lowest BCUT2D eigenvalue weighted by atomic mass is 10.0. The Morgan fingerprint density at radius 2 is 1.86 bits per heavy atom. The van der Waals surface area contributed by atoms with Crippen LogP contribution in [0.4, 0.5) is 10.1 Å². The number of nitrogens with one attached hydrogen (secondary N) is 1. The van der Waals surface area contributed by atoms with Gasteiger partial charge >= 0.3 is 0 Å². The number of amides is 2. The molecular weight excluding hydrogens is 485 g/mol. The molecule has 2 heterocycles. The number of benzene rings is 2. The van der Waals surface area contributed by atoms with Gasteiger partial charge in [-0.15, -0.1) is 0 Å². The Labute approximate surface area is 214 Å². The van der Waals surface area contributed by atoms with Gasteiger partial charge in [-0.25, -0.2) is 4.39 Å². The highest BCUT2D eigenvalue weighted by Gasteiger charge is 2.39. The van der Waals surface area contributed by atoms with Crippen molar-refractivity contribution >= 4 is 35.2 Å². The van der Waals surface area contributed by atoms with Crippen LogP contribution in [-0.4, -0.2) is 67.1 Å². The number of ether oxygens (including phenoxy) is 2. The molecule has 2 aliphatic heterocycles. The summed E-state index contributed by atoms with van der Waals surface area (Å²) in [6, 6.07) is 10.0. The number of anilines is 1. The minimum atomic E-state index is -0.252. The second-order valence-electron chi connectivity index (χ2n) is 9.56. The zero-order chi connectivity index (χ0) is 25.2. The molecule has 1 saturated carbocycles. The van der Waals surface area contributed by atoms with Crippen LogP contribution in [0.2, 0.25) is 5.02 Å². The Kier molecular flexibility index (Phi) is 7.27. The molecule has 0 radical (unpaired) electrons. The van der Waals surface area contributed by atoms with E-state index in [9.17, 15) is 14.0 Å². The standard InChI is InChI=1S/C27H29ClFN3O4/c1-35-25-10-19(24(11-23(25)28)30-27(34)18-4-5-18)6-9-26(33)31-13-21-15-36-16-22(14-31)32(21)12-17-2-7-20(29)8-3-17/h2-3,6-11,18,21-22H,4-5,12-16H2,1H3,(H,30,34). The number of halogens is 2. The smallest absolute Gasteiger partial charge is 0.246 e. The summed E-state index contributed by atoms with van der Waals surface area (Å²) in [5, 5.41) is 3.32. The molecule has 190 valence electrons. The first kappa shape index (κ1) is 24.7. The van der Waals surface area contributed by atoms with Crippen molar-refractivity contribution in [3.8, 4) is 5.75 Å². The van der Waals surface area contributed by atoms with E-state index in [0.29, 0.717) is 54.9 Å². The number of morpholine rings is 1. The topological polar surface area (TPSA) is 71.1 Å². The molecule has 2 bridgehead atoms. The Hall–Kier alpha value is -2.94. The van der Waals surface area contributed by atoms with Crippen molar-refractivity contribution in [3.05, 3.63) is 64.4 Å². The number of piperazine rings is 1. The van der Waals surface area contributed by atoms with Crippen LogP contribution in [0.25, 0.3) is 6.08 Å². The third-order valence-corrected chi connectivity index (χ3v) is 7.24. The van der Waals surface area contributed by atoms with E-state index in [1.54, 1.807) is 30.3 Å². The van der Waals surface area contributed by atoms with Gasteiger partial charge in [-0.2, -0.15) is 0 Å². The molecule has 3 aliphatic rings. The van der Waals surface area contributed by atoms with Crippen LogP contribution >= 0.6 is 11.6 Å². The summed E-state index contributed by atoms with van der Waals surface area (Å²) in [7, 11) is 1.52. The normalized spacial score (nSPS) is 22.0. The minimum Gasteiger partial charge on any atom is -0.495 e. The fraction of sp³-hybridized carbons (Fsp3) is 0.407. The predicted molar refractivity (Wildman–Crippen MR) is 135 cm³/mol. The second-order valence-corrected chi connectivity index (χ2v) is 9.97. The summed E-state index contributed by atoms with van der Waals surface area (Å²) in [6.45, 7) is 2.84. The highest BCUT2D eigenvalue weighted by molar-refractivity contribution is 6.32. The number of carbonyl (C=O) groups excluding carboxylic acids is 2. The molecular formula is C27H29ClFN3O4. The molecule has 0 spiro atoms. The lowest BCUT2D eigenvalue weighted by molar-refractivity contribution is -0.141. The number of fused-ring (bicyclic) bond motifs is 2. The van der Waals surface area contributed by atoms with Crippen LogP contribution in [0.5, 0.6) is 5.75 Å². The van der Waals surface area contributed by atoms with Crippen molar-refractivity contribution in [3.63, 3.8) is 0 Å². The van der Waals surface area contributed by atoms with Gasteiger partial charge in [0.15, 0.2) is 0 Å². The molecule has 2 unspecified atom stereocenters. The Bertz CT molecular complexity index is 1150. The van der Waals surface area contributed by atoms with Crippen molar-refractivity contribution in [2.24, 2.45) is 5.92 Å². The largest absolute Gasteiger partial charge is 0.495 e. The number of hydrogen-bond donors (Lipinski definition) is 1. The van der Waals surface area contributed by atoms with Crippen molar-refractivity contribution in [2.45, 2.75) is 31.5 Å². The molecule has 5 rings (SSSR count). The molecule has 2 saturated heterocycles. The Morgan fingerprint density at radius 1 is 1.17 bits per heavy atom. The fourth-order valence-corrected chi connectivity index (χ4v) is 5.03. The molecule has 0 aromatic heterocycles. The summed E-state index contributed by atoms with van der Waals surface area (Å²) >= 11 is 6.29. The van der Waals surface area contributed by atoms with Gasteiger partial charge in [-0.3, -0.25) is 14.5 Å². The maximum absolute atomic E-state index is 13.3. The van der Waals surface area contributed by atoms with Crippen molar-refractivity contribution < 1.29 is 23.5 Å². The second kappa shape index (κ2) is 10.6. The first-order chi connectivity index (χ1) is 17.4. The lowest BCUT2D eigenvalue weighted by Gasteiger charge is -2.49. The van der Waals surface area contributed by atoms with Gasteiger partial charge in [0.2, 0.25) is 11.8 Å². The van der Waals surface area contributed by atoms with Gasteiger partial charge in [-0.1, -0.05) is 23.7 Å². The molecule has 2 aromatic rings. The van der Waals surface area contributed by atoms with Gasteiger partial charge < -0.3 is 19.7 Å². The maximum Gasteiger partial charge on any atom is 0.246 e. The zero-order valence-electron chi connectivity index (χ0n) is 20.1. The van der Waals surface area contributed by atoms with Crippen molar-refractivity contribution in [1.29, 1.82) is 0 Å². The van der Waals surface area contributed by atoms with Crippen LogP contribution in [0.3, 0.4) is 0 Å². The maximum atomic E-state index is 13.3. The van der Waals surface area contributed by atoms with Gasteiger partial charge in [0, 0.05) is 42.9 Å². The highest BCUT2D eigenvalue weighted by Crippen LogP contribution is 2.35. The number of nitrogens with zero attached hydrogens (tertiary/aromatic N) is 2. The third kappa shape index (κ3) is 5.56. The van der Waals surface area contributed by atoms with E-state index < -0.39 is 0 Å². The first-order valence-corrected chi connectivity index (χ1v) is 12.5. The monoisotopic (exact) mass is 513 g/mol. The molecule has 2 amide bonds. The molecule has 36 heavy (non-hydrogen) atoms. The van der Waals surface area contributed by atoms with E-state index in [4.69, 9.17) is 21.1 Å². The van der Waals surface area contributed by atoms with Crippen LogP contribution in [0, 0.1) is 11.7 Å². The average Bonchev–Trinajstić information content (AvgIpc) is 3.70. The van der Waals surface area contributed by atoms with Crippen LogP contribution in [0.15, 0.2) is 42.5 Å².